The fourth-order valence-corrected chi connectivity index (χ4v) is 3.10. The first-order valence-electron chi connectivity index (χ1n) is 8.88. The molecule has 0 spiro atoms. The molecule has 2 heterocycles. The fraction of sp³-hybridized carbons (Fsp3) is 0.882. The number of likely N-dealkylation sites (tertiary alicyclic amines) is 2. The Bertz CT molecular complexity index is 423. The number of ether oxygens (including phenoxy) is 1. The molecule has 6 nitrogen and oxygen atoms in total. The molecule has 0 bridgehead atoms. The summed E-state index contributed by atoms with van der Waals surface area (Å²) in [4.78, 5) is 20.6. The monoisotopic (exact) mass is 324 g/mol. The molecule has 2 N–H and O–H groups in total. The zero-order chi connectivity index (χ0) is 16.9. The van der Waals surface area contributed by atoms with Gasteiger partial charge in [-0.3, -0.25) is 4.99 Å². The Morgan fingerprint density at radius 2 is 1.78 bits per heavy atom. The maximum Gasteiger partial charge on any atom is 0.410 e. The van der Waals surface area contributed by atoms with Crippen LogP contribution in [0.5, 0.6) is 0 Å². The van der Waals surface area contributed by atoms with Crippen LogP contribution in [0, 0.1) is 5.92 Å². The van der Waals surface area contributed by atoms with E-state index < -0.39 is 5.60 Å². The van der Waals surface area contributed by atoms with Crippen LogP contribution >= 0.6 is 0 Å². The molecule has 23 heavy (non-hydrogen) atoms. The van der Waals surface area contributed by atoms with Crippen molar-refractivity contribution in [2.75, 3.05) is 32.7 Å². The lowest BCUT2D eigenvalue weighted by Gasteiger charge is -2.24. The molecule has 2 rings (SSSR count). The minimum Gasteiger partial charge on any atom is -0.444 e. The average molecular weight is 324 g/mol. The summed E-state index contributed by atoms with van der Waals surface area (Å²) in [6.45, 7) is 9.88. The number of hydrogen-bond acceptors (Lipinski definition) is 3. The van der Waals surface area contributed by atoms with E-state index in [1.165, 1.54) is 25.7 Å². The number of aliphatic imine (C=N–C) groups is 1. The lowest BCUT2D eigenvalue weighted by Crippen LogP contribution is -2.38. The van der Waals surface area contributed by atoms with Gasteiger partial charge in [0.1, 0.15) is 5.60 Å². The Kier molecular flexibility index (Phi) is 6.13. The molecule has 2 saturated heterocycles. The Labute approximate surface area is 140 Å². The van der Waals surface area contributed by atoms with Crippen molar-refractivity contribution < 1.29 is 9.53 Å². The van der Waals surface area contributed by atoms with Gasteiger partial charge in [0.15, 0.2) is 5.96 Å². The number of rotatable bonds is 2. The summed E-state index contributed by atoms with van der Waals surface area (Å²) >= 11 is 0. The van der Waals surface area contributed by atoms with E-state index >= 15 is 0 Å². The Morgan fingerprint density at radius 1 is 1.13 bits per heavy atom. The summed E-state index contributed by atoms with van der Waals surface area (Å²) < 4.78 is 5.42. The standard InChI is InChI=1S/C17H32N4O2/c1-17(2,3)23-16(22)21-11-8-14(13-21)12-19-15(18)20-9-6-4-5-7-10-20/h14H,4-13H2,1-3H3,(H2,18,19). The normalized spacial score (nSPS) is 23.8. The molecule has 0 radical (unpaired) electrons. The average Bonchev–Trinajstić information content (AvgIpc) is 2.77. The van der Waals surface area contributed by atoms with Crippen LogP contribution in [0.15, 0.2) is 4.99 Å². The minimum atomic E-state index is -0.440. The van der Waals surface area contributed by atoms with Gasteiger partial charge in [-0.2, -0.15) is 0 Å². The summed E-state index contributed by atoms with van der Waals surface area (Å²) in [5.74, 6) is 1.05. The highest BCUT2D eigenvalue weighted by Gasteiger charge is 2.29. The van der Waals surface area contributed by atoms with E-state index in [-0.39, 0.29) is 6.09 Å². The van der Waals surface area contributed by atoms with Gasteiger partial charge in [0.25, 0.3) is 0 Å². The van der Waals surface area contributed by atoms with Gasteiger partial charge in [-0.1, -0.05) is 12.8 Å². The molecule has 1 amide bonds. The maximum atomic E-state index is 12.1. The van der Waals surface area contributed by atoms with Gasteiger partial charge in [0, 0.05) is 32.7 Å². The number of nitrogens with zero attached hydrogens (tertiary/aromatic N) is 3. The molecule has 2 aliphatic heterocycles. The third kappa shape index (κ3) is 5.92. The SMILES string of the molecule is CC(C)(C)OC(=O)N1CCC(CN=C(N)N2CCCCCC2)C1. The number of amides is 1. The van der Waals surface area contributed by atoms with Crippen molar-refractivity contribution in [1.29, 1.82) is 0 Å². The summed E-state index contributed by atoms with van der Waals surface area (Å²) in [5, 5.41) is 0. The molecular formula is C17H32N4O2. The molecule has 2 fully saturated rings. The molecule has 0 aromatic carbocycles. The van der Waals surface area contributed by atoms with Crippen molar-refractivity contribution in [2.45, 2.75) is 58.5 Å². The van der Waals surface area contributed by atoms with Gasteiger partial charge >= 0.3 is 6.09 Å². The van der Waals surface area contributed by atoms with Crippen molar-refractivity contribution in [2.24, 2.45) is 16.6 Å². The smallest absolute Gasteiger partial charge is 0.410 e. The van der Waals surface area contributed by atoms with Crippen LogP contribution in [-0.4, -0.2) is 60.2 Å². The zero-order valence-corrected chi connectivity index (χ0v) is 14.9. The molecule has 0 saturated carbocycles. The van der Waals surface area contributed by atoms with Crippen molar-refractivity contribution in [1.82, 2.24) is 9.80 Å². The Balaban J connectivity index is 1.78. The Morgan fingerprint density at radius 3 is 2.39 bits per heavy atom. The van der Waals surface area contributed by atoms with E-state index in [9.17, 15) is 4.79 Å². The van der Waals surface area contributed by atoms with Crippen LogP contribution in [0.25, 0.3) is 0 Å². The quantitative estimate of drug-likeness (QED) is 0.625. The molecular weight excluding hydrogens is 292 g/mol. The molecule has 1 atom stereocenters. The molecule has 132 valence electrons. The first-order valence-corrected chi connectivity index (χ1v) is 8.88. The zero-order valence-electron chi connectivity index (χ0n) is 14.9. The number of hydrogen-bond donors (Lipinski definition) is 1. The first-order chi connectivity index (χ1) is 10.8. The van der Waals surface area contributed by atoms with E-state index in [0.717, 1.165) is 26.1 Å². The van der Waals surface area contributed by atoms with E-state index in [4.69, 9.17) is 10.5 Å². The van der Waals surface area contributed by atoms with Crippen LogP contribution in [0.2, 0.25) is 0 Å². The third-order valence-electron chi connectivity index (χ3n) is 4.38. The maximum absolute atomic E-state index is 12.1. The predicted octanol–water partition coefficient (Wildman–Crippen LogP) is 2.43. The van der Waals surface area contributed by atoms with Crippen molar-refractivity contribution >= 4 is 12.1 Å². The topological polar surface area (TPSA) is 71.2 Å². The summed E-state index contributed by atoms with van der Waals surface area (Å²) in [6.07, 6.45) is 5.73. The summed E-state index contributed by atoms with van der Waals surface area (Å²) in [6, 6.07) is 0. The van der Waals surface area contributed by atoms with Crippen LogP contribution in [0.1, 0.15) is 52.9 Å². The van der Waals surface area contributed by atoms with Gasteiger partial charge in [-0.25, -0.2) is 4.79 Å². The number of guanidine groups is 1. The van der Waals surface area contributed by atoms with E-state index in [1.807, 2.05) is 20.8 Å². The Hall–Kier alpha value is -1.46. The lowest BCUT2D eigenvalue weighted by molar-refractivity contribution is 0.0289. The largest absolute Gasteiger partial charge is 0.444 e. The predicted molar refractivity (Wildman–Crippen MR) is 92.4 cm³/mol. The molecule has 2 aliphatic rings. The van der Waals surface area contributed by atoms with Crippen LogP contribution < -0.4 is 5.73 Å². The van der Waals surface area contributed by atoms with Gasteiger partial charge < -0.3 is 20.3 Å². The van der Waals surface area contributed by atoms with E-state index in [0.29, 0.717) is 25.0 Å². The minimum absolute atomic E-state index is 0.218. The molecule has 0 aromatic rings. The first kappa shape index (κ1) is 17.9. The van der Waals surface area contributed by atoms with E-state index in [1.54, 1.807) is 4.90 Å². The van der Waals surface area contributed by atoms with Crippen molar-refractivity contribution in [3.63, 3.8) is 0 Å². The van der Waals surface area contributed by atoms with E-state index in [2.05, 4.69) is 9.89 Å². The second-order valence-corrected chi connectivity index (χ2v) is 7.68. The highest BCUT2D eigenvalue weighted by atomic mass is 16.6. The van der Waals surface area contributed by atoms with Crippen LogP contribution in [0.3, 0.4) is 0 Å². The molecule has 6 heteroatoms. The van der Waals surface area contributed by atoms with Crippen molar-refractivity contribution in [3.8, 4) is 0 Å². The van der Waals surface area contributed by atoms with Gasteiger partial charge in [0.05, 0.1) is 0 Å². The molecule has 1 unspecified atom stereocenters. The van der Waals surface area contributed by atoms with Gasteiger partial charge in [-0.05, 0) is 46.0 Å². The number of carbonyl (C=O) groups excluding carboxylic acids is 1. The van der Waals surface area contributed by atoms with Gasteiger partial charge in [0.2, 0.25) is 0 Å². The number of carbonyl (C=O) groups is 1. The molecule has 0 aromatic heterocycles. The van der Waals surface area contributed by atoms with Crippen LogP contribution in [0.4, 0.5) is 4.79 Å². The highest BCUT2D eigenvalue weighted by Crippen LogP contribution is 2.20. The van der Waals surface area contributed by atoms with Gasteiger partial charge in [-0.15, -0.1) is 0 Å². The molecule has 0 aliphatic carbocycles. The fourth-order valence-electron chi connectivity index (χ4n) is 3.10. The lowest BCUT2D eigenvalue weighted by atomic mass is 10.1. The number of nitrogens with two attached hydrogens (primary N) is 1. The third-order valence-corrected chi connectivity index (χ3v) is 4.38. The summed E-state index contributed by atoms with van der Waals surface area (Å²) in [5.41, 5.74) is 5.70. The van der Waals surface area contributed by atoms with Crippen LogP contribution in [-0.2, 0) is 4.74 Å². The highest BCUT2D eigenvalue weighted by molar-refractivity contribution is 5.78. The summed E-state index contributed by atoms with van der Waals surface area (Å²) in [7, 11) is 0. The second kappa shape index (κ2) is 7.88. The second-order valence-electron chi connectivity index (χ2n) is 7.68. The van der Waals surface area contributed by atoms with Crippen molar-refractivity contribution in [3.05, 3.63) is 0 Å².